The zero-order chi connectivity index (χ0) is 13.3. The minimum Gasteiger partial charge on any atom is -0.345 e. The van der Waals surface area contributed by atoms with E-state index in [1.54, 1.807) is 0 Å². The highest BCUT2D eigenvalue weighted by Crippen LogP contribution is 2.35. The third-order valence-corrected chi connectivity index (χ3v) is 4.72. The molecule has 0 aromatic carbocycles. The van der Waals surface area contributed by atoms with E-state index in [-0.39, 0.29) is 11.9 Å². The van der Waals surface area contributed by atoms with Crippen LogP contribution in [0.2, 0.25) is 0 Å². The number of hydrogen-bond acceptors (Lipinski definition) is 3. The van der Waals surface area contributed by atoms with Gasteiger partial charge in [0.2, 0.25) is 5.91 Å². The van der Waals surface area contributed by atoms with Crippen molar-refractivity contribution in [1.82, 2.24) is 9.80 Å². The highest BCUT2D eigenvalue weighted by molar-refractivity contribution is 5.81. The second kappa shape index (κ2) is 5.57. The summed E-state index contributed by atoms with van der Waals surface area (Å²) in [5.74, 6) is 0.255. The summed E-state index contributed by atoms with van der Waals surface area (Å²) in [6, 6.07) is 1.40. The van der Waals surface area contributed by atoms with Crippen LogP contribution in [-0.2, 0) is 4.79 Å². The molecular formula is C14H27N3O. The highest BCUT2D eigenvalue weighted by atomic mass is 16.2. The molecule has 2 heterocycles. The summed E-state index contributed by atoms with van der Waals surface area (Å²) in [4.78, 5) is 16.6. The number of hydrogen-bond donors (Lipinski definition) is 1. The van der Waals surface area contributed by atoms with Crippen LogP contribution in [0.3, 0.4) is 0 Å². The Kier molecular flexibility index (Phi) is 4.28. The van der Waals surface area contributed by atoms with E-state index in [9.17, 15) is 4.79 Å². The molecule has 104 valence electrons. The predicted octanol–water partition coefficient (Wildman–Crippen LogP) is 1.20. The topological polar surface area (TPSA) is 49.6 Å². The number of nitrogens with two attached hydrogens (primary N) is 1. The first-order valence-corrected chi connectivity index (χ1v) is 7.32. The number of likely N-dealkylation sites (N-methyl/N-ethyl adjacent to an activating group) is 1. The van der Waals surface area contributed by atoms with Crippen molar-refractivity contribution in [2.45, 2.75) is 70.1 Å². The Balaban J connectivity index is 2.09. The van der Waals surface area contributed by atoms with E-state index in [0.717, 1.165) is 19.4 Å². The molecule has 1 amide bonds. The Morgan fingerprint density at radius 3 is 2.44 bits per heavy atom. The van der Waals surface area contributed by atoms with Crippen molar-refractivity contribution in [2.75, 3.05) is 13.6 Å². The summed E-state index contributed by atoms with van der Waals surface area (Å²) in [5.41, 5.74) is 6.13. The molecule has 0 aromatic rings. The average molecular weight is 253 g/mol. The zero-order valence-corrected chi connectivity index (χ0v) is 11.9. The third-order valence-electron chi connectivity index (χ3n) is 4.72. The van der Waals surface area contributed by atoms with Crippen LogP contribution in [0.1, 0.15) is 46.0 Å². The second-order valence-corrected chi connectivity index (χ2v) is 5.95. The molecule has 2 bridgehead atoms. The molecule has 0 aliphatic carbocycles. The van der Waals surface area contributed by atoms with Crippen LogP contribution >= 0.6 is 0 Å². The lowest BCUT2D eigenvalue weighted by molar-refractivity contribution is -0.139. The Morgan fingerprint density at radius 2 is 1.94 bits per heavy atom. The van der Waals surface area contributed by atoms with Gasteiger partial charge in [0.15, 0.2) is 0 Å². The fraction of sp³-hybridized carbons (Fsp3) is 0.929. The third kappa shape index (κ3) is 2.54. The van der Waals surface area contributed by atoms with Crippen LogP contribution in [0, 0.1) is 0 Å². The maximum atomic E-state index is 12.3. The Hall–Kier alpha value is -0.610. The maximum absolute atomic E-state index is 12.3. The molecule has 2 N–H and O–H groups in total. The molecule has 2 aliphatic heterocycles. The van der Waals surface area contributed by atoms with Crippen molar-refractivity contribution < 1.29 is 4.79 Å². The second-order valence-electron chi connectivity index (χ2n) is 5.95. The molecule has 2 saturated heterocycles. The lowest BCUT2D eigenvalue weighted by Gasteiger charge is -2.50. The van der Waals surface area contributed by atoms with Crippen LogP contribution in [0.5, 0.6) is 0 Å². The quantitative estimate of drug-likeness (QED) is 0.822. The molecule has 0 radical (unpaired) electrons. The summed E-state index contributed by atoms with van der Waals surface area (Å²) in [6.45, 7) is 4.88. The average Bonchev–Trinajstić information content (AvgIpc) is 2.35. The van der Waals surface area contributed by atoms with Crippen molar-refractivity contribution in [3.8, 4) is 0 Å². The molecule has 3 unspecified atom stereocenters. The standard InChI is InChI=1S/C14H27N3O/c1-4-16(3)14(18)10(2)17-12-6-5-7-13(17)9-11(15)8-12/h10-13H,4-9,15H2,1-3H3. The molecule has 2 rings (SSSR count). The first-order valence-electron chi connectivity index (χ1n) is 7.32. The highest BCUT2D eigenvalue weighted by Gasteiger charge is 2.41. The molecule has 4 nitrogen and oxygen atoms in total. The minimum absolute atomic E-state index is 0.0118. The number of fused-ring (bicyclic) bond motifs is 2. The molecule has 2 fully saturated rings. The van der Waals surface area contributed by atoms with Gasteiger partial charge in [-0.3, -0.25) is 9.69 Å². The zero-order valence-electron chi connectivity index (χ0n) is 11.9. The van der Waals surface area contributed by atoms with Crippen LogP contribution in [0.25, 0.3) is 0 Å². The SMILES string of the molecule is CCN(C)C(=O)C(C)N1C2CCCC1CC(N)C2. The van der Waals surface area contributed by atoms with Gasteiger partial charge in [-0.2, -0.15) is 0 Å². The van der Waals surface area contributed by atoms with Crippen LogP contribution in [0.4, 0.5) is 0 Å². The van der Waals surface area contributed by atoms with Crippen LogP contribution < -0.4 is 5.73 Å². The van der Waals surface area contributed by atoms with E-state index < -0.39 is 0 Å². The normalized spacial score (nSPS) is 34.1. The van der Waals surface area contributed by atoms with Crippen LogP contribution in [0.15, 0.2) is 0 Å². The molecule has 0 saturated carbocycles. The summed E-state index contributed by atoms with van der Waals surface area (Å²) >= 11 is 0. The minimum atomic E-state index is 0.0118. The molecular weight excluding hydrogens is 226 g/mol. The number of amides is 1. The lowest BCUT2D eigenvalue weighted by atomic mass is 9.81. The van der Waals surface area contributed by atoms with Gasteiger partial charge in [-0.25, -0.2) is 0 Å². The molecule has 0 spiro atoms. The lowest BCUT2D eigenvalue weighted by Crippen LogP contribution is -2.61. The van der Waals surface area contributed by atoms with E-state index in [1.165, 1.54) is 19.3 Å². The fourth-order valence-corrected chi connectivity index (χ4v) is 3.69. The molecule has 4 heteroatoms. The number of carbonyl (C=O) groups is 1. The summed E-state index contributed by atoms with van der Waals surface area (Å²) < 4.78 is 0. The van der Waals surface area contributed by atoms with Gasteiger partial charge in [0.25, 0.3) is 0 Å². The van der Waals surface area contributed by atoms with Crippen molar-refractivity contribution in [3.63, 3.8) is 0 Å². The number of carbonyl (C=O) groups excluding carboxylic acids is 1. The van der Waals surface area contributed by atoms with E-state index in [2.05, 4.69) is 11.8 Å². The molecule has 18 heavy (non-hydrogen) atoms. The van der Waals surface area contributed by atoms with E-state index >= 15 is 0 Å². The van der Waals surface area contributed by atoms with E-state index in [4.69, 9.17) is 5.73 Å². The number of rotatable bonds is 3. The largest absolute Gasteiger partial charge is 0.345 e. The summed E-state index contributed by atoms with van der Waals surface area (Å²) in [7, 11) is 1.89. The number of piperidine rings is 2. The van der Waals surface area contributed by atoms with E-state index in [1.807, 2.05) is 18.9 Å². The van der Waals surface area contributed by atoms with Gasteiger partial charge < -0.3 is 10.6 Å². The predicted molar refractivity (Wildman–Crippen MR) is 73.2 cm³/mol. The van der Waals surface area contributed by atoms with Gasteiger partial charge in [-0.05, 0) is 39.5 Å². The first-order chi connectivity index (χ1) is 8.54. The monoisotopic (exact) mass is 253 g/mol. The first kappa shape index (κ1) is 13.8. The Labute approximate surface area is 110 Å². The smallest absolute Gasteiger partial charge is 0.239 e. The van der Waals surface area contributed by atoms with Crippen molar-refractivity contribution in [1.29, 1.82) is 0 Å². The van der Waals surface area contributed by atoms with Crippen LogP contribution in [-0.4, -0.2) is 53.5 Å². The molecule has 3 atom stereocenters. The van der Waals surface area contributed by atoms with Gasteiger partial charge in [-0.15, -0.1) is 0 Å². The van der Waals surface area contributed by atoms with Crippen molar-refractivity contribution in [3.05, 3.63) is 0 Å². The maximum Gasteiger partial charge on any atom is 0.239 e. The van der Waals surface area contributed by atoms with Gasteiger partial charge in [-0.1, -0.05) is 6.42 Å². The van der Waals surface area contributed by atoms with Gasteiger partial charge in [0, 0.05) is 31.7 Å². The van der Waals surface area contributed by atoms with Gasteiger partial charge >= 0.3 is 0 Å². The number of nitrogens with zero attached hydrogens (tertiary/aromatic N) is 2. The molecule has 2 aliphatic rings. The van der Waals surface area contributed by atoms with Gasteiger partial charge in [0.05, 0.1) is 6.04 Å². The fourth-order valence-electron chi connectivity index (χ4n) is 3.69. The Morgan fingerprint density at radius 1 is 1.39 bits per heavy atom. The van der Waals surface area contributed by atoms with Gasteiger partial charge in [0.1, 0.15) is 0 Å². The van der Waals surface area contributed by atoms with E-state index in [0.29, 0.717) is 18.1 Å². The van der Waals surface area contributed by atoms with Crippen molar-refractivity contribution in [2.24, 2.45) is 5.73 Å². The summed E-state index contributed by atoms with van der Waals surface area (Å²) in [6.07, 6.45) is 5.83. The summed E-state index contributed by atoms with van der Waals surface area (Å²) in [5, 5.41) is 0. The Bertz CT molecular complexity index is 293. The molecule has 0 aromatic heterocycles. The van der Waals surface area contributed by atoms with Crippen molar-refractivity contribution >= 4 is 5.91 Å².